The van der Waals surface area contributed by atoms with Gasteiger partial charge in [0.15, 0.2) is 0 Å². The number of unbranched alkanes of at least 4 members (excludes halogenated alkanes) is 28. The topological polar surface area (TPSA) is 47.6 Å². The van der Waals surface area contributed by atoms with E-state index in [9.17, 15) is 4.57 Å². The number of thioether (sulfide) groups is 2. The van der Waals surface area contributed by atoms with Gasteiger partial charge in [0.05, 0.1) is 47.4 Å². The minimum absolute atomic E-state index is 0.515. The lowest BCUT2D eigenvalue weighted by Crippen LogP contribution is -2.40. The Balaban J connectivity index is 4.39. The summed E-state index contributed by atoms with van der Waals surface area (Å²) in [5.74, 6) is 2.72. The van der Waals surface area contributed by atoms with Crippen molar-refractivity contribution in [1.29, 1.82) is 0 Å². The molecule has 0 saturated carbocycles. The Hall–Kier alpha value is 0.770. The second-order valence-electron chi connectivity index (χ2n) is 19.8. The van der Waals surface area contributed by atoms with Gasteiger partial charge in [0.25, 0.3) is 0 Å². The van der Waals surface area contributed by atoms with Crippen molar-refractivity contribution in [3.63, 3.8) is 0 Å². The smallest absolute Gasteiger partial charge is 0.330 e. The van der Waals surface area contributed by atoms with Gasteiger partial charge in [0.2, 0.25) is 0 Å². The highest BCUT2D eigenvalue weighted by molar-refractivity contribution is 8.00. The van der Waals surface area contributed by atoms with Gasteiger partial charge in [-0.2, -0.15) is 23.5 Å². The molecule has 368 valence electrons. The third kappa shape index (κ3) is 47.1. The van der Waals surface area contributed by atoms with E-state index in [1.807, 2.05) is 0 Å². The van der Waals surface area contributed by atoms with E-state index in [0.29, 0.717) is 19.8 Å². The standard InChI is InChI=1S/C53H112N2O3PS2/c1-8-12-16-20-23-29-35-43-53(61-51-41-19-15-11-4)45-37-31-25-27-33-39-49-58-59(56,54-46-47-55(5,6)7)57-48-38-32-26-22-24-30-36-44-52(60-50-40-18-14-10-3)42-34-28-21-17-13-9-2/h52-53H,8-51H2,1-7H3,(H,54,56)/q+1. The van der Waals surface area contributed by atoms with Crippen LogP contribution in [0.1, 0.15) is 272 Å². The van der Waals surface area contributed by atoms with Gasteiger partial charge in [-0.25, -0.2) is 9.65 Å². The van der Waals surface area contributed by atoms with Crippen LogP contribution in [0.15, 0.2) is 0 Å². The third-order valence-corrected chi connectivity index (χ3v) is 17.0. The first-order valence-corrected chi connectivity index (χ1v) is 31.0. The Morgan fingerprint density at radius 1 is 0.410 bits per heavy atom. The van der Waals surface area contributed by atoms with Crippen LogP contribution in [0.5, 0.6) is 0 Å². The van der Waals surface area contributed by atoms with Crippen molar-refractivity contribution in [3.8, 4) is 0 Å². The Kier molecular flexibility index (Phi) is 47.9. The molecule has 0 aromatic rings. The molecule has 0 heterocycles. The van der Waals surface area contributed by atoms with Crippen molar-refractivity contribution >= 4 is 31.3 Å². The van der Waals surface area contributed by atoms with E-state index in [0.717, 1.165) is 47.2 Å². The average molecular weight is 921 g/mol. The summed E-state index contributed by atoms with van der Waals surface area (Å²) in [5, 5.41) is 4.95. The molecule has 0 radical (unpaired) electrons. The van der Waals surface area contributed by atoms with Crippen LogP contribution in [-0.2, 0) is 13.6 Å². The van der Waals surface area contributed by atoms with Gasteiger partial charge < -0.3 is 4.48 Å². The summed E-state index contributed by atoms with van der Waals surface area (Å²) in [7, 11) is 3.21. The lowest BCUT2D eigenvalue weighted by Gasteiger charge is -2.25. The van der Waals surface area contributed by atoms with Crippen molar-refractivity contribution in [2.45, 2.75) is 282 Å². The molecule has 0 rings (SSSR count). The van der Waals surface area contributed by atoms with Crippen LogP contribution >= 0.6 is 31.3 Å². The lowest BCUT2D eigenvalue weighted by atomic mass is 10.0. The molecule has 0 aliphatic carbocycles. The van der Waals surface area contributed by atoms with Gasteiger partial charge in [-0.1, -0.05) is 220 Å². The lowest BCUT2D eigenvalue weighted by molar-refractivity contribution is -0.869. The molecule has 0 aliphatic rings. The fourth-order valence-electron chi connectivity index (χ4n) is 8.22. The van der Waals surface area contributed by atoms with Crippen LogP contribution in [-0.4, -0.2) is 73.9 Å². The zero-order valence-corrected chi connectivity index (χ0v) is 45.2. The van der Waals surface area contributed by atoms with Crippen molar-refractivity contribution in [1.82, 2.24) is 5.09 Å². The van der Waals surface area contributed by atoms with E-state index in [4.69, 9.17) is 9.05 Å². The number of hydrogen-bond donors (Lipinski definition) is 1. The predicted molar refractivity (Wildman–Crippen MR) is 281 cm³/mol. The maximum absolute atomic E-state index is 13.7. The van der Waals surface area contributed by atoms with Gasteiger partial charge in [0, 0.05) is 10.5 Å². The van der Waals surface area contributed by atoms with Crippen LogP contribution in [0, 0.1) is 0 Å². The molecule has 0 fully saturated rings. The van der Waals surface area contributed by atoms with Crippen molar-refractivity contribution in [2.24, 2.45) is 0 Å². The summed E-state index contributed by atoms with van der Waals surface area (Å²) in [6.45, 7) is 11.8. The highest BCUT2D eigenvalue weighted by Crippen LogP contribution is 2.44. The second-order valence-corrected chi connectivity index (χ2v) is 24.5. The van der Waals surface area contributed by atoms with Gasteiger partial charge in [-0.3, -0.25) is 9.05 Å². The number of quaternary nitrogens is 1. The molecule has 0 bridgehead atoms. The monoisotopic (exact) mass is 920 g/mol. The normalized spacial score (nSPS) is 14.1. The molecule has 61 heavy (non-hydrogen) atoms. The van der Waals surface area contributed by atoms with Crippen LogP contribution in [0.4, 0.5) is 0 Å². The van der Waals surface area contributed by atoms with E-state index in [2.05, 4.69) is 77.4 Å². The van der Waals surface area contributed by atoms with Crippen LogP contribution in [0.2, 0.25) is 0 Å². The van der Waals surface area contributed by atoms with Crippen molar-refractivity contribution in [2.75, 3.05) is 59.0 Å². The number of likely N-dealkylation sites (N-methyl/N-ethyl adjacent to an activating group) is 1. The zero-order valence-electron chi connectivity index (χ0n) is 42.7. The Labute approximate surface area is 393 Å². The summed E-state index contributed by atoms with van der Waals surface area (Å²) in [4.78, 5) is 0. The van der Waals surface area contributed by atoms with Crippen LogP contribution < -0.4 is 5.09 Å². The van der Waals surface area contributed by atoms with Crippen LogP contribution in [0.3, 0.4) is 0 Å². The molecule has 5 nitrogen and oxygen atoms in total. The summed E-state index contributed by atoms with van der Waals surface area (Å²) in [6.07, 6.45) is 51.3. The molecular weight excluding hydrogens is 808 g/mol. The van der Waals surface area contributed by atoms with E-state index >= 15 is 0 Å². The van der Waals surface area contributed by atoms with Crippen LogP contribution in [0.25, 0.3) is 0 Å². The van der Waals surface area contributed by atoms with E-state index in [1.54, 1.807) is 0 Å². The highest BCUT2D eigenvalue weighted by Gasteiger charge is 2.25. The minimum Gasteiger partial charge on any atom is -0.330 e. The summed E-state index contributed by atoms with van der Waals surface area (Å²) >= 11 is 4.57. The fourth-order valence-corrected chi connectivity index (χ4v) is 12.3. The molecule has 0 spiro atoms. The average Bonchev–Trinajstić information content (AvgIpc) is 3.23. The highest BCUT2D eigenvalue weighted by atomic mass is 32.2. The summed E-state index contributed by atoms with van der Waals surface area (Å²) in [5.41, 5.74) is 0. The Bertz CT molecular complexity index is 907. The molecule has 0 amide bonds. The molecule has 0 aromatic heterocycles. The van der Waals surface area contributed by atoms with E-state index in [1.165, 1.54) is 230 Å². The molecule has 0 saturated heterocycles. The van der Waals surface area contributed by atoms with Gasteiger partial charge in [0.1, 0.15) is 0 Å². The second kappa shape index (κ2) is 47.3. The molecule has 3 unspecified atom stereocenters. The molecule has 0 aromatic carbocycles. The molecule has 0 aliphatic heterocycles. The first-order chi connectivity index (χ1) is 29.7. The van der Waals surface area contributed by atoms with Crippen molar-refractivity contribution in [3.05, 3.63) is 0 Å². The minimum atomic E-state index is -3.29. The molecule has 8 heteroatoms. The zero-order chi connectivity index (χ0) is 44.8. The Morgan fingerprint density at radius 2 is 0.689 bits per heavy atom. The van der Waals surface area contributed by atoms with E-state index < -0.39 is 7.75 Å². The SMILES string of the molecule is CCCCCCCCCC(CCCCCCCCOP(=O)(NCC[N+](C)(C)C)OCCCCCCCCCC(CCCCCCCC)SCCCCCC)SCCCCCC. The quantitative estimate of drug-likeness (QED) is 0.0373. The largest absolute Gasteiger partial charge is 0.405 e. The molecule has 3 atom stereocenters. The maximum atomic E-state index is 13.7. The van der Waals surface area contributed by atoms with Crippen molar-refractivity contribution < 1.29 is 18.1 Å². The predicted octanol–water partition coefficient (Wildman–Crippen LogP) is 18.5. The Morgan fingerprint density at radius 3 is 1.00 bits per heavy atom. The number of nitrogens with zero attached hydrogens (tertiary/aromatic N) is 1. The first kappa shape index (κ1) is 61.8. The summed E-state index contributed by atoms with van der Waals surface area (Å²) in [6, 6.07) is 0. The van der Waals surface area contributed by atoms with Gasteiger partial charge in [-0.05, 0) is 62.9 Å². The number of nitrogens with one attached hydrogen (secondary N) is 1. The van der Waals surface area contributed by atoms with E-state index in [-0.39, 0.29) is 0 Å². The fraction of sp³-hybridized carbons (Fsp3) is 1.00. The maximum Gasteiger partial charge on any atom is 0.405 e. The summed E-state index contributed by atoms with van der Waals surface area (Å²) < 4.78 is 26.6. The number of rotatable bonds is 52. The van der Waals surface area contributed by atoms with Gasteiger partial charge in [-0.15, -0.1) is 0 Å². The molecular formula is C53H112N2O3PS2+. The molecule has 1 N–H and O–H groups in total. The third-order valence-electron chi connectivity index (χ3n) is 12.4. The number of hydrogen-bond acceptors (Lipinski definition) is 5. The first-order valence-electron chi connectivity index (χ1n) is 27.4. The van der Waals surface area contributed by atoms with Gasteiger partial charge >= 0.3 is 7.75 Å².